The minimum atomic E-state index is -0.429. The number of hydrogen-bond donors (Lipinski definition) is 2. The molecular weight excluding hydrogens is 327 g/mol. The molecule has 0 saturated carbocycles. The molecule has 2 rings (SSSR count). The number of halogens is 2. The molecule has 98 valence electrons. The van der Waals surface area contributed by atoms with Gasteiger partial charge in [-0.25, -0.2) is 4.39 Å². The van der Waals surface area contributed by atoms with E-state index in [2.05, 4.69) is 21.2 Å². The number of benzene rings is 2. The summed E-state index contributed by atoms with van der Waals surface area (Å²) in [5, 5.41) is 3.15. The molecule has 0 fully saturated rings. The highest BCUT2D eigenvalue weighted by Crippen LogP contribution is 2.30. The van der Waals surface area contributed by atoms with Crippen LogP contribution in [0.25, 0.3) is 0 Å². The Labute approximate surface area is 124 Å². The van der Waals surface area contributed by atoms with Crippen LogP contribution < -0.4 is 11.1 Å². The van der Waals surface area contributed by atoms with Gasteiger partial charge in [0.15, 0.2) is 0 Å². The highest BCUT2D eigenvalue weighted by Gasteiger charge is 2.12. The van der Waals surface area contributed by atoms with Crippen molar-refractivity contribution in [3.05, 3.63) is 57.8 Å². The Kier molecular flexibility index (Phi) is 4.17. The zero-order valence-electron chi connectivity index (χ0n) is 10.2. The molecule has 2 aromatic rings. The summed E-state index contributed by atoms with van der Waals surface area (Å²) in [5.74, 6) is -0.429. The second-order valence-corrected chi connectivity index (χ2v) is 5.32. The number of nitrogens with two attached hydrogens (primary N) is 1. The van der Waals surface area contributed by atoms with E-state index in [1.165, 1.54) is 6.07 Å². The lowest BCUT2D eigenvalue weighted by Crippen LogP contribution is -2.14. The molecule has 0 bridgehead atoms. The summed E-state index contributed by atoms with van der Waals surface area (Å²) >= 11 is 8.40. The van der Waals surface area contributed by atoms with Gasteiger partial charge in [-0.2, -0.15) is 0 Å². The van der Waals surface area contributed by atoms with Crippen molar-refractivity contribution in [2.75, 3.05) is 5.32 Å². The summed E-state index contributed by atoms with van der Waals surface area (Å²) in [4.78, 5) is 0.0318. The lowest BCUT2D eigenvalue weighted by atomic mass is 10.1. The number of aryl methyl sites for hydroxylation is 1. The number of thiocarbonyl (C=S) groups is 1. The van der Waals surface area contributed by atoms with Crippen molar-refractivity contribution in [2.45, 2.75) is 6.92 Å². The Balaban J connectivity index is 2.47. The summed E-state index contributed by atoms with van der Waals surface area (Å²) in [6.45, 7) is 1.98. The summed E-state index contributed by atoms with van der Waals surface area (Å²) in [6, 6.07) is 10.5. The van der Waals surface area contributed by atoms with Gasteiger partial charge in [-0.3, -0.25) is 0 Å². The van der Waals surface area contributed by atoms with Crippen LogP contribution in [0, 0.1) is 12.7 Å². The Morgan fingerprint density at radius 1 is 1.21 bits per heavy atom. The van der Waals surface area contributed by atoms with E-state index in [-0.39, 0.29) is 10.6 Å². The Morgan fingerprint density at radius 2 is 1.84 bits per heavy atom. The number of rotatable bonds is 3. The van der Waals surface area contributed by atoms with E-state index in [1.54, 1.807) is 12.1 Å². The maximum Gasteiger partial charge on any atom is 0.135 e. The van der Waals surface area contributed by atoms with Crippen molar-refractivity contribution < 1.29 is 4.39 Å². The van der Waals surface area contributed by atoms with Crippen LogP contribution in [-0.4, -0.2) is 4.99 Å². The molecule has 0 saturated heterocycles. The fraction of sp³-hybridized carbons (Fsp3) is 0.0714. The molecule has 0 aliphatic carbocycles. The molecule has 0 unspecified atom stereocenters. The van der Waals surface area contributed by atoms with Gasteiger partial charge in [-0.05, 0) is 46.6 Å². The largest absolute Gasteiger partial charge is 0.389 e. The second-order valence-electron chi connectivity index (χ2n) is 4.09. The standard InChI is InChI=1S/C14H12BrFN2S/c1-8-4-2-7-11(13(8)15)18-10-6-3-5-9(16)12(10)14(17)19/h2-7,18H,1H3,(H2,17,19). The van der Waals surface area contributed by atoms with Gasteiger partial charge >= 0.3 is 0 Å². The molecule has 0 aliphatic rings. The van der Waals surface area contributed by atoms with E-state index >= 15 is 0 Å². The number of anilines is 2. The van der Waals surface area contributed by atoms with Gasteiger partial charge in [-0.1, -0.05) is 30.4 Å². The van der Waals surface area contributed by atoms with Crippen LogP contribution in [0.4, 0.5) is 15.8 Å². The highest BCUT2D eigenvalue weighted by atomic mass is 79.9. The lowest BCUT2D eigenvalue weighted by molar-refractivity contribution is 0.626. The third kappa shape index (κ3) is 2.93. The smallest absolute Gasteiger partial charge is 0.135 e. The third-order valence-electron chi connectivity index (χ3n) is 2.72. The minimum Gasteiger partial charge on any atom is -0.389 e. The van der Waals surface area contributed by atoms with Gasteiger partial charge in [0, 0.05) is 4.47 Å². The van der Waals surface area contributed by atoms with Crippen LogP contribution in [0.15, 0.2) is 40.9 Å². The topological polar surface area (TPSA) is 38.0 Å². The Bertz CT molecular complexity index is 643. The molecule has 0 aromatic heterocycles. The quantitative estimate of drug-likeness (QED) is 0.820. The summed E-state index contributed by atoms with van der Waals surface area (Å²) < 4.78 is 14.7. The van der Waals surface area contributed by atoms with Crippen LogP contribution >= 0.6 is 28.1 Å². The molecule has 3 N–H and O–H groups in total. The van der Waals surface area contributed by atoms with Gasteiger partial charge in [0.2, 0.25) is 0 Å². The van der Waals surface area contributed by atoms with E-state index in [1.807, 2.05) is 25.1 Å². The van der Waals surface area contributed by atoms with Gasteiger partial charge < -0.3 is 11.1 Å². The molecule has 19 heavy (non-hydrogen) atoms. The van der Waals surface area contributed by atoms with Crippen molar-refractivity contribution in [3.8, 4) is 0 Å². The molecule has 0 aliphatic heterocycles. The first-order valence-corrected chi connectivity index (χ1v) is 6.81. The summed E-state index contributed by atoms with van der Waals surface area (Å²) in [5.41, 5.74) is 8.28. The van der Waals surface area contributed by atoms with Crippen molar-refractivity contribution >= 4 is 44.5 Å². The summed E-state index contributed by atoms with van der Waals surface area (Å²) in [7, 11) is 0. The minimum absolute atomic E-state index is 0.0318. The van der Waals surface area contributed by atoms with E-state index in [0.29, 0.717) is 5.69 Å². The first-order valence-electron chi connectivity index (χ1n) is 5.61. The van der Waals surface area contributed by atoms with Crippen molar-refractivity contribution in [2.24, 2.45) is 5.73 Å². The van der Waals surface area contributed by atoms with Crippen molar-refractivity contribution in [1.29, 1.82) is 0 Å². The van der Waals surface area contributed by atoms with Gasteiger partial charge in [0.25, 0.3) is 0 Å². The molecule has 0 radical (unpaired) electrons. The molecule has 2 aromatic carbocycles. The average Bonchev–Trinajstić information content (AvgIpc) is 2.34. The monoisotopic (exact) mass is 338 g/mol. The molecule has 0 heterocycles. The van der Waals surface area contributed by atoms with Gasteiger partial charge in [-0.15, -0.1) is 0 Å². The SMILES string of the molecule is Cc1cccc(Nc2cccc(F)c2C(N)=S)c1Br. The zero-order chi connectivity index (χ0) is 14.0. The predicted molar refractivity (Wildman–Crippen MR) is 84.4 cm³/mol. The highest BCUT2D eigenvalue weighted by molar-refractivity contribution is 9.10. The number of nitrogens with one attached hydrogen (secondary N) is 1. The fourth-order valence-electron chi connectivity index (χ4n) is 1.77. The van der Waals surface area contributed by atoms with E-state index in [9.17, 15) is 4.39 Å². The maximum atomic E-state index is 13.8. The van der Waals surface area contributed by atoms with Gasteiger partial charge in [0.05, 0.1) is 16.9 Å². The molecule has 2 nitrogen and oxygen atoms in total. The van der Waals surface area contributed by atoms with Crippen molar-refractivity contribution in [3.63, 3.8) is 0 Å². The average molecular weight is 339 g/mol. The van der Waals surface area contributed by atoms with E-state index in [0.717, 1.165) is 15.7 Å². The van der Waals surface area contributed by atoms with Crippen LogP contribution in [0.2, 0.25) is 0 Å². The van der Waals surface area contributed by atoms with Crippen LogP contribution in [-0.2, 0) is 0 Å². The van der Waals surface area contributed by atoms with Crippen LogP contribution in [0.5, 0.6) is 0 Å². The molecular formula is C14H12BrFN2S. The fourth-order valence-corrected chi connectivity index (χ4v) is 2.34. The zero-order valence-corrected chi connectivity index (χ0v) is 12.6. The Hall–Kier alpha value is -1.46. The molecule has 0 amide bonds. The summed E-state index contributed by atoms with van der Waals surface area (Å²) in [6.07, 6.45) is 0. The lowest BCUT2D eigenvalue weighted by Gasteiger charge is -2.14. The van der Waals surface area contributed by atoms with Crippen LogP contribution in [0.3, 0.4) is 0 Å². The second kappa shape index (κ2) is 5.67. The predicted octanol–water partition coefficient (Wildman–Crippen LogP) is 4.27. The first-order chi connectivity index (χ1) is 9.00. The van der Waals surface area contributed by atoms with E-state index < -0.39 is 5.82 Å². The maximum absolute atomic E-state index is 13.8. The normalized spacial score (nSPS) is 10.3. The van der Waals surface area contributed by atoms with Crippen LogP contribution in [0.1, 0.15) is 11.1 Å². The van der Waals surface area contributed by atoms with Crippen molar-refractivity contribution in [1.82, 2.24) is 0 Å². The van der Waals surface area contributed by atoms with Gasteiger partial charge in [0.1, 0.15) is 10.8 Å². The first kappa shape index (κ1) is 14.0. The van der Waals surface area contributed by atoms with E-state index in [4.69, 9.17) is 18.0 Å². The molecule has 0 spiro atoms. The Morgan fingerprint density at radius 3 is 2.53 bits per heavy atom. The number of hydrogen-bond acceptors (Lipinski definition) is 2. The third-order valence-corrected chi connectivity index (χ3v) is 3.98. The molecule has 5 heteroatoms. The molecule has 0 atom stereocenters.